The molecule has 2 amide bonds. The molecular formula is C23H26N4O2. The summed E-state index contributed by atoms with van der Waals surface area (Å²) in [5, 5.41) is 3.44. The van der Waals surface area contributed by atoms with Crippen LogP contribution in [-0.4, -0.2) is 28.0 Å². The number of aryl methyl sites for hydroxylation is 2. The maximum atomic E-state index is 12.8. The number of aromatic nitrogens is 2. The second-order valence-electron chi connectivity index (χ2n) is 6.74. The van der Waals surface area contributed by atoms with Crippen molar-refractivity contribution in [2.45, 2.75) is 20.4 Å². The number of hydrogen-bond acceptors (Lipinski definition) is 3. The predicted molar refractivity (Wildman–Crippen MR) is 118 cm³/mol. The summed E-state index contributed by atoms with van der Waals surface area (Å²) < 4.78 is 4.04. The van der Waals surface area contributed by atoms with Crippen molar-refractivity contribution in [3.8, 4) is 0 Å². The fourth-order valence-corrected chi connectivity index (χ4v) is 3.88. The van der Waals surface area contributed by atoms with E-state index in [9.17, 15) is 9.59 Å². The lowest BCUT2D eigenvalue weighted by Gasteiger charge is -2.04. The molecule has 0 spiro atoms. The highest BCUT2D eigenvalue weighted by atomic mass is 16.2. The molecule has 0 aliphatic carbocycles. The number of fused-ring (bicyclic) bond motifs is 1. The molecule has 0 saturated heterocycles. The van der Waals surface area contributed by atoms with Crippen molar-refractivity contribution in [2.75, 3.05) is 7.05 Å². The first kappa shape index (κ1) is 20.4. The Hall–Kier alpha value is -3.38. The van der Waals surface area contributed by atoms with Gasteiger partial charge in [-0.2, -0.15) is 0 Å². The molecular weight excluding hydrogens is 364 g/mol. The van der Waals surface area contributed by atoms with Gasteiger partial charge >= 0.3 is 0 Å². The number of carbonyl (C=O) groups is 2. The summed E-state index contributed by atoms with van der Waals surface area (Å²) in [5.74, 6) is -0.720. The van der Waals surface area contributed by atoms with Gasteiger partial charge in [-0.25, -0.2) is 0 Å². The molecule has 4 rings (SSSR count). The minimum atomic E-state index is -0.364. The summed E-state index contributed by atoms with van der Waals surface area (Å²) in [5.41, 5.74) is 9.76. The number of para-hydroxylation sites is 1. The molecule has 3 heterocycles. The zero-order chi connectivity index (χ0) is 21.3. The van der Waals surface area contributed by atoms with Crippen molar-refractivity contribution < 1.29 is 9.59 Å². The van der Waals surface area contributed by atoms with E-state index in [-0.39, 0.29) is 11.8 Å². The van der Waals surface area contributed by atoms with Crippen LogP contribution in [0, 0.1) is 6.92 Å². The SMILES string of the molecule is C=Cc1c(C2=C(c3cn(CC)c4ccccc34)C(=O)NC2=O)cn(C)c1C.CN. The van der Waals surface area contributed by atoms with E-state index < -0.39 is 0 Å². The first-order valence-electron chi connectivity index (χ1n) is 9.52. The van der Waals surface area contributed by atoms with Gasteiger partial charge in [-0.15, -0.1) is 0 Å². The minimum absolute atomic E-state index is 0.356. The normalized spacial score (nSPS) is 13.6. The molecule has 6 nitrogen and oxygen atoms in total. The van der Waals surface area contributed by atoms with Gasteiger partial charge in [0.05, 0.1) is 11.1 Å². The number of nitrogens with two attached hydrogens (primary N) is 1. The van der Waals surface area contributed by atoms with E-state index >= 15 is 0 Å². The molecule has 1 aliphatic heterocycles. The lowest BCUT2D eigenvalue weighted by atomic mass is 9.95. The predicted octanol–water partition coefficient (Wildman–Crippen LogP) is 3.09. The van der Waals surface area contributed by atoms with Gasteiger partial charge in [0.1, 0.15) is 0 Å². The van der Waals surface area contributed by atoms with Crippen molar-refractivity contribution in [3.63, 3.8) is 0 Å². The van der Waals surface area contributed by atoms with Gasteiger partial charge < -0.3 is 14.9 Å². The van der Waals surface area contributed by atoms with Gasteiger partial charge in [0.25, 0.3) is 11.8 Å². The molecule has 1 aliphatic rings. The molecule has 2 aromatic heterocycles. The van der Waals surface area contributed by atoms with E-state index in [1.165, 1.54) is 7.05 Å². The average molecular weight is 390 g/mol. The quantitative estimate of drug-likeness (QED) is 0.672. The van der Waals surface area contributed by atoms with Gasteiger partial charge in [-0.05, 0) is 27.0 Å². The Bertz CT molecular complexity index is 1160. The van der Waals surface area contributed by atoms with E-state index in [4.69, 9.17) is 0 Å². The van der Waals surface area contributed by atoms with Crippen LogP contribution < -0.4 is 11.1 Å². The summed E-state index contributed by atoms with van der Waals surface area (Å²) >= 11 is 0. The number of hydrogen-bond donors (Lipinski definition) is 2. The molecule has 0 atom stereocenters. The number of imide groups is 1. The lowest BCUT2D eigenvalue weighted by Crippen LogP contribution is -2.22. The molecule has 0 bridgehead atoms. The van der Waals surface area contributed by atoms with Gasteiger partial charge in [-0.3, -0.25) is 14.9 Å². The summed E-state index contributed by atoms with van der Waals surface area (Å²) in [7, 11) is 3.42. The highest BCUT2D eigenvalue weighted by Gasteiger charge is 2.35. The Morgan fingerprint density at radius 1 is 1.07 bits per heavy atom. The number of benzene rings is 1. The summed E-state index contributed by atoms with van der Waals surface area (Å²) in [6.07, 6.45) is 5.58. The number of amides is 2. The molecule has 0 fully saturated rings. The van der Waals surface area contributed by atoms with Crippen LogP contribution in [0.2, 0.25) is 0 Å². The molecule has 0 saturated carbocycles. The van der Waals surface area contributed by atoms with Gasteiger partial charge in [0.15, 0.2) is 0 Å². The highest BCUT2D eigenvalue weighted by Crippen LogP contribution is 2.38. The first-order valence-corrected chi connectivity index (χ1v) is 9.52. The molecule has 6 heteroatoms. The van der Waals surface area contributed by atoms with Crippen LogP contribution in [0.15, 0.2) is 43.2 Å². The standard InChI is InChI=1S/C22H21N3O2.CH5N/c1-5-14-13(3)24(4)11-16(14)19-20(22(27)23-21(19)26)17-12-25(6-2)18-10-8-7-9-15(17)18;1-2/h5,7-12H,1,6H2,2-4H3,(H,23,26,27);2H2,1H3. The molecule has 0 unspecified atom stereocenters. The van der Waals surface area contributed by atoms with Crippen LogP contribution in [0.25, 0.3) is 28.1 Å². The monoisotopic (exact) mass is 390 g/mol. The van der Waals surface area contributed by atoms with E-state index in [0.717, 1.165) is 39.8 Å². The van der Waals surface area contributed by atoms with E-state index in [1.54, 1.807) is 6.08 Å². The Morgan fingerprint density at radius 3 is 2.31 bits per heavy atom. The van der Waals surface area contributed by atoms with Crippen LogP contribution in [0.3, 0.4) is 0 Å². The molecule has 1 aromatic carbocycles. The van der Waals surface area contributed by atoms with E-state index in [0.29, 0.717) is 11.1 Å². The minimum Gasteiger partial charge on any atom is -0.353 e. The second kappa shape index (κ2) is 7.93. The van der Waals surface area contributed by atoms with Crippen molar-refractivity contribution in [2.24, 2.45) is 12.8 Å². The second-order valence-corrected chi connectivity index (χ2v) is 6.74. The average Bonchev–Trinajstić information content (AvgIpc) is 3.34. The maximum absolute atomic E-state index is 12.8. The van der Waals surface area contributed by atoms with E-state index in [2.05, 4.69) is 29.1 Å². The van der Waals surface area contributed by atoms with Crippen LogP contribution in [0.5, 0.6) is 0 Å². The van der Waals surface area contributed by atoms with Crippen LogP contribution in [-0.2, 0) is 23.2 Å². The third-order valence-electron chi connectivity index (χ3n) is 5.34. The van der Waals surface area contributed by atoms with Crippen LogP contribution in [0.1, 0.15) is 29.3 Å². The number of nitrogens with one attached hydrogen (secondary N) is 1. The topological polar surface area (TPSA) is 82.0 Å². The first-order chi connectivity index (χ1) is 14.0. The Kier molecular flexibility index (Phi) is 5.57. The molecule has 3 aromatic rings. The summed E-state index contributed by atoms with van der Waals surface area (Å²) in [6, 6.07) is 7.94. The Morgan fingerprint density at radius 2 is 1.69 bits per heavy atom. The fraction of sp³-hybridized carbons (Fsp3) is 0.217. The lowest BCUT2D eigenvalue weighted by molar-refractivity contribution is -0.122. The molecule has 29 heavy (non-hydrogen) atoms. The zero-order valence-electron chi connectivity index (χ0n) is 17.2. The van der Waals surface area contributed by atoms with Gasteiger partial charge in [-0.1, -0.05) is 30.9 Å². The third kappa shape index (κ3) is 3.11. The zero-order valence-corrected chi connectivity index (χ0v) is 17.2. The van der Waals surface area contributed by atoms with Crippen molar-refractivity contribution in [1.29, 1.82) is 0 Å². The fourth-order valence-electron chi connectivity index (χ4n) is 3.88. The number of nitrogens with zero attached hydrogens (tertiary/aromatic N) is 2. The van der Waals surface area contributed by atoms with Crippen molar-refractivity contribution >= 4 is 39.9 Å². The molecule has 0 radical (unpaired) electrons. The Labute approximate surface area is 170 Å². The van der Waals surface area contributed by atoms with Crippen molar-refractivity contribution in [1.82, 2.24) is 14.5 Å². The third-order valence-corrected chi connectivity index (χ3v) is 5.34. The maximum Gasteiger partial charge on any atom is 0.259 e. The molecule has 150 valence electrons. The number of carbonyl (C=O) groups excluding carboxylic acids is 2. The van der Waals surface area contributed by atoms with Gasteiger partial charge in [0.2, 0.25) is 0 Å². The van der Waals surface area contributed by atoms with Crippen LogP contribution in [0.4, 0.5) is 0 Å². The van der Waals surface area contributed by atoms with E-state index in [1.807, 2.05) is 55.2 Å². The van der Waals surface area contributed by atoms with Gasteiger partial charge in [0, 0.05) is 59.3 Å². The summed E-state index contributed by atoms with van der Waals surface area (Å²) in [4.78, 5) is 25.5. The Balaban J connectivity index is 0.00000117. The van der Waals surface area contributed by atoms with Crippen LogP contribution >= 0.6 is 0 Å². The largest absolute Gasteiger partial charge is 0.353 e. The smallest absolute Gasteiger partial charge is 0.259 e. The number of rotatable bonds is 4. The molecule has 3 N–H and O–H groups in total. The highest BCUT2D eigenvalue weighted by molar-refractivity contribution is 6.50. The van der Waals surface area contributed by atoms with Crippen molar-refractivity contribution in [3.05, 3.63) is 65.6 Å². The summed E-state index contributed by atoms with van der Waals surface area (Å²) in [6.45, 7) is 8.70.